The Morgan fingerprint density at radius 2 is 1.73 bits per heavy atom. The minimum absolute atomic E-state index is 0.176. The minimum Gasteiger partial charge on any atom is -0.741 e. The average Bonchev–Trinajstić information content (AvgIpc) is 3.20. The van der Waals surface area contributed by atoms with E-state index in [0.717, 1.165) is 0 Å². The highest BCUT2D eigenvalue weighted by Gasteiger charge is 2.49. The van der Waals surface area contributed by atoms with Crippen molar-refractivity contribution in [2.24, 2.45) is 5.73 Å². The van der Waals surface area contributed by atoms with E-state index in [4.69, 9.17) is 37.2 Å². The summed E-state index contributed by atoms with van der Waals surface area (Å²) in [7, 11) is -10.3. The Morgan fingerprint density at radius 1 is 1.14 bits per heavy atom. The molecule has 3 rings (SSSR count). The number of para-hydroxylation sites is 1. The second-order valence-corrected chi connectivity index (χ2v) is 12.4. The lowest BCUT2D eigenvalue weighted by molar-refractivity contribution is -0.765. The summed E-state index contributed by atoms with van der Waals surface area (Å²) < 4.78 is 95.9. The van der Waals surface area contributed by atoms with Gasteiger partial charge in [-0.3, -0.25) is 14.1 Å². The molecule has 1 aromatic carbocycles. The highest BCUT2D eigenvalue weighted by molar-refractivity contribution is 7.86. The number of carbonyl (C=O) groups excluding carboxylic acids is 2. The number of rotatable bonds is 11. The number of alkyl halides is 3. The van der Waals surface area contributed by atoms with Crippen molar-refractivity contribution >= 4 is 29.7 Å². The highest BCUT2D eigenvalue weighted by atomic mass is 32.2. The standard InChI is InChI=1S/C23H30N3O9P.CHF3O3S/c1-14(2)33-23(30)15(3)25-36(31,35-17-9-5-4-6-10-17)32-13-18-19(27)20(28)22(34-18)26-11-7-8-16(12-26)21(24)29;2-1(3,4)8(5,6)7/h4-12,14-15,18-20,22,27-28H,13H2,1-3H3,(H2-,24,25,29,31);(H,5,6,7)/t15?,18-,19-,20-,22-,36?;/m1./s1. The molecule has 1 aliphatic rings. The van der Waals surface area contributed by atoms with Crippen LogP contribution in [0.2, 0.25) is 0 Å². The normalized spacial score (nSPS) is 22.3. The number of aromatic nitrogens is 1. The van der Waals surface area contributed by atoms with Crippen LogP contribution in [-0.2, 0) is 33.5 Å². The first-order chi connectivity index (χ1) is 20.2. The number of nitrogens with two attached hydrogens (primary N) is 1. The van der Waals surface area contributed by atoms with Gasteiger partial charge in [0, 0.05) is 6.07 Å². The van der Waals surface area contributed by atoms with E-state index in [9.17, 15) is 37.5 Å². The van der Waals surface area contributed by atoms with Crippen molar-refractivity contribution in [2.75, 3.05) is 6.61 Å². The van der Waals surface area contributed by atoms with E-state index in [-0.39, 0.29) is 17.4 Å². The lowest BCUT2D eigenvalue weighted by Gasteiger charge is -2.24. The third-order valence-corrected chi connectivity index (χ3v) is 7.67. The van der Waals surface area contributed by atoms with Crippen molar-refractivity contribution in [3.05, 3.63) is 60.4 Å². The topological polar surface area (TPSA) is 228 Å². The lowest BCUT2D eigenvalue weighted by atomic mass is 10.1. The number of nitrogens with zero attached hydrogens (tertiary/aromatic N) is 1. The van der Waals surface area contributed by atoms with Crippen molar-refractivity contribution in [3.8, 4) is 5.75 Å². The van der Waals surface area contributed by atoms with E-state index in [1.54, 1.807) is 44.2 Å². The number of ether oxygens (including phenoxy) is 2. The molecule has 1 fully saturated rings. The molecular formula is C24H31F3N3O12PS. The first kappa shape index (κ1) is 37.0. The molecule has 1 aromatic heterocycles. The van der Waals surface area contributed by atoms with Crippen LogP contribution in [0.25, 0.3) is 0 Å². The van der Waals surface area contributed by atoms with E-state index in [1.807, 2.05) is 0 Å². The third kappa shape index (κ3) is 10.8. The maximum atomic E-state index is 13.6. The number of primary amides is 1. The van der Waals surface area contributed by atoms with Crippen LogP contribution in [0.5, 0.6) is 5.75 Å². The van der Waals surface area contributed by atoms with E-state index in [0.29, 0.717) is 0 Å². The van der Waals surface area contributed by atoms with Crippen LogP contribution >= 0.6 is 7.75 Å². The SMILES string of the molecule is CC(C)OC(=O)C(C)NP(=O)(OC[C@H]1O[C@@H]([n+]2cccc(C(N)=O)c2)[C@H](O)[C@@H]1O)Oc1ccccc1.O=S(=O)([O-])C(F)(F)F. The van der Waals surface area contributed by atoms with Crippen LogP contribution < -0.4 is 19.9 Å². The molecule has 44 heavy (non-hydrogen) atoms. The highest BCUT2D eigenvalue weighted by Crippen LogP contribution is 2.45. The Balaban J connectivity index is 0.000000742. The van der Waals surface area contributed by atoms with Crippen molar-refractivity contribution < 1.29 is 73.6 Å². The first-order valence-electron chi connectivity index (χ1n) is 12.6. The van der Waals surface area contributed by atoms with Crippen LogP contribution in [-0.4, -0.2) is 77.6 Å². The Labute approximate surface area is 250 Å². The van der Waals surface area contributed by atoms with Crippen LogP contribution in [0, 0.1) is 0 Å². The largest absolute Gasteiger partial charge is 0.741 e. The van der Waals surface area contributed by atoms with Gasteiger partial charge in [0.05, 0.1) is 12.7 Å². The van der Waals surface area contributed by atoms with Crippen molar-refractivity contribution in [1.82, 2.24) is 5.09 Å². The number of nitrogens with one attached hydrogen (secondary N) is 1. The maximum absolute atomic E-state index is 13.6. The van der Waals surface area contributed by atoms with Gasteiger partial charge in [-0.15, -0.1) is 0 Å². The van der Waals surface area contributed by atoms with Gasteiger partial charge in [-0.05, 0) is 39.0 Å². The van der Waals surface area contributed by atoms with Crippen LogP contribution in [0.3, 0.4) is 0 Å². The monoisotopic (exact) mass is 673 g/mol. The molecule has 0 spiro atoms. The number of hydrogen-bond acceptors (Lipinski definition) is 12. The van der Waals surface area contributed by atoms with Crippen molar-refractivity contribution in [2.45, 2.75) is 63.0 Å². The Morgan fingerprint density at radius 3 is 2.25 bits per heavy atom. The fourth-order valence-electron chi connectivity index (χ4n) is 3.42. The average molecular weight is 674 g/mol. The lowest BCUT2D eigenvalue weighted by Crippen LogP contribution is -2.46. The zero-order valence-corrected chi connectivity index (χ0v) is 25.1. The van der Waals surface area contributed by atoms with E-state index in [1.165, 1.54) is 36.0 Å². The molecule has 15 nitrogen and oxygen atoms in total. The van der Waals surface area contributed by atoms with Gasteiger partial charge in [0.2, 0.25) is 0 Å². The summed E-state index contributed by atoms with van der Waals surface area (Å²) in [6.07, 6.45) is -2.50. The number of pyridine rings is 1. The van der Waals surface area contributed by atoms with Crippen LogP contribution in [0.15, 0.2) is 54.9 Å². The number of hydrogen-bond donors (Lipinski definition) is 4. The van der Waals surface area contributed by atoms with Gasteiger partial charge >= 0.3 is 19.2 Å². The molecule has 1 amide bonds. The maximum Gasteiger partial charge on any atom is 0.485 e. The van der Waals surface area contributed by atoms with E-state index >= 15 is 0 Å². The molecule has 2 heterocycles. The summed E-state index contributed by atoms with van der Waals surface area (Å²) in [5, 5.41) is 23.6. The summed E-state index contributed by atoms with van der Waals surface area (Å²) >= 11 is 0. The molecule has 2 aromatic rings. The van der Waals surface area contributed by atoms with Gasteiger partial charge in [0.25, 0.3) is 12.1 Å². The smallest absolute Gasteiger partial charge is 0.485 e. The Bertz CT molecular complexity index is 1430. The molecule has 20 heteroatoms. The molecule has 1 saturated heterocycles. The second kappa shape index (κ2) is 15.2. The number of aliphatic hydroxyl groups is 2. The van der Waals surface area contributed by atoms with Crippen LogP contribution in [0.1, 0.15) is 37.4 Å². The predicted octanol–water partition coefficient (Wildman–Crippen LogP) is 0.877. The molecular weight excluding hydrogens is 642 g/mol. The van der Waals surface area contributed by atoms with E-state index in [2.05, 4.69) is 5.09 Å². The quantitative estimate of drug-likeness (QED) is 0.0855. The number of carbonyl (C=O) groups is 2. The van der Waals surface area contributed by atoms with Gasteiger partial charge in [-0.25, -0.2) is 13.0 Å². The van der Waals surface area contributed by atoms with Gasteiger partial charge in [0.1, 0.15) is 29.6 Å². The zero-order valence-electron chi connectivity index (χ0n) is 23.4. The first-order valence-corrected chi connectivity index (χ1v) is 15.5. The number of benzene rings is 1. The molecule has 0 saturated carbocycles. The fourth-order valence-corrected chi connectivity index (χ4v) is 4.92. The van der Waals surface area contributed by atoms with Gasteiger partial charge in [-0.2, -0.15) is 22.8 Å². The van der Waals surface area contributed by atoms with E-state index < -0.39 is 72.4 Å². The molecule has 1 aliphatic heterocycles. The van der Waals surface area contributed by atoms with Gasteiger partial charge < -0.3 is 34.5 Å². The predicted molar refractivity (Wildman–Crippen MR) is 141 cm³/mol. The summed E-state index contributed by atoms with van der Waals surface area (Å²) in [6, 6.07) is 10.2. The molecule has 246 valence electrons. The molecule has 2 unspecified atom stereocenters. The van der Waals surface area contributed by atoms with Crippen molar-refractivity contribution in [3.63, 3.8) is 0 Å². The fraction of sp³-hybridized carbons (Fsp3) is 0.458. The van der Waals surface area contributed by atoms with Gasteiger partial charge in [0.15, 0.2) is 28.6 Å². The summed E-state index contributed by atoms with van der Waals surface area (Å²) in [4.78, 5) is 23.8. The van der Waals surface area contributed by atoms with Gasteiger partial charge in [-0.1, -0.05) is 18.2 Å². The number of halogens is 3. The molecule has 6 atom stereocenters. The number of aliphatic hydroxyl groups excluding tert-OH is 2. The summed E-state index contributed by atoms with van der Waals surface area (Å²) in [5.74, 6) is -1.13. The van der Waals surface area contributed by atoms with Crippen LogP contribution in [0.4, 0.5) is 13.2 Å². The van der Waals surface area contributed by atoms with Crippen molar-refractivity contribution in [1.29, 1.82) is 0 Å². The minimum atomic E-state index is -6.09. The summed E-state index contributed by atoms with van der Waals surface area (Å²) in [6.45, 7) is 4.34. The molecule has 5 N–H and O–H groups in total. The molecule has 0 aliphatic carbocycles. The second-order valence-electron chi connectivity index (χ2n) is 9.38. The Hall–Kier alpha value is -3.16. The molecule has 0 bridgehead atoms. The number of amides is 1. The summed E-state index contributed by atoms with van der Waals surface area (Å²) in [5.41, 5.74) is -0.163. The molecule has 0 radical (unpaired) electrons. The zero-order chi connectivity index (χ0) is 33.5. The third-order valence-electron chi connectivity index (χ3n) is 5.46. The Kier molecular flexibility index (Phi) is 12.8. The number of esters is 1.